The molecule has 5 heteroatoms. The Morgan fingerprint density at radius 1 is 1.50 bits per heavy atom. The van der Waals surface area contributed by atoms with Crippen LogP contribution in [0.3, 0.4) is 0 Å². The maximum absolute atomic E-state index is 4.98. The van der Waals surface area contributed by atoms with Gasteiger partial charge in [-0.3, -0.25) is 0 Å². The minimum atomic E-state index is 0.521. The van der Waals surface area contributed by atoms with Crippen molar-refractivity contribution in [1.82, 2.24) is 10.1 Å². The number of hydrogen-bond acceptors (Lipinski definition) is 5. The number of thioether (sulfide) groups is 1. The lowest BCUT2D eigenvalue weighted by Crippen LogP contribution is -1.96. The van der Waals surface area contributed by atoms with Crippen molar-refractivity contribution in [3.05, 3.63) is 5.82 Å². The predicted octanol–water partition coefficient (Wildman–Crippen LogP) is 2.39. The highest BCUT2D eigenvalue weighted by Gasteiger charge is 2.04. The highest BCUT2D eigenvalue weighted by Crippen LogP contribution is 2.14. The Kier molecular flexibility index (Phi) is 4.79. The SMILES string of the molecule is CCNc1nc(CSCC(C)C)no1. The van der Waals surface area contributed by atoms with E-state index >= 15 is 0 Å². The maximum atomic E-state index is 4.98. The van der Waals surface area contributed by atoms with E-state index in [-0.39, 0.29) is 0 Å². The van der Waals surface area contributed by atoms with Crippen molar-refractivity contribution in [2.75, 3.05) is 17.6 Å². The molecular weight excluding hydrogens is 198 g/mol. The van der Waals surface area contributed by atoms with E-state index in [0.717, 1.165) is 23.9 Å². The number of nitrogens with one attached hydrogen (secondary N) is 1. The van der Waals surface area contributed by atoms with Gasteiger partial charge in [-0.2, -0.15) is 16.7 Å². The molecule has 1 rings (SSSR count). The van der Waals surface area contributed by atoms with E-state index in [1.807, 2.05) is 18.7 Å². The summed E-state index contributed by atoms with van der Waals surface area (Å²) < 4.78 is 4.98. The highest BCUT2D eigenvalue weighted by atomic mass is 32.2. The summed E-state index contributed by atoms with van der Waals surface area (Å²) in [5.74, 6) is 3.43. The fraction of sp³-hybridized carbons (Fsp3) is 0.778. The van der Waals surface area contributed by atoms with Crippen molar-refractivity contribution < 1.29 is 4.52 Å². The van der Waals surface area contributed by atoms with Gasteiger partial charge in [0.2, 0.25) is 0 Å². The molecule has 0 saturated heterocycles. The number of hydrogen-bond donors (Lipinski definition) is 1. The topological polar surface area (TPSA) is 51.0 Å². The molecule has 0 fully saturated rings. The third-order valence-corrected chi connectivity index (χ3v) is 2.84. The fourth-order valence-electron chi connectivity index (χ4n) is 0.922. The Labute approximate surface area is 88.8 Å². The van der Waals surface area contributed by atoms with Crippen LogP contribution in [0.2, 0.25) is 0 Å². The van der Waals surface area contributed by atoms with Crippen LogP contribution in [-0.4, -0.2) is 22.4 Å². The summed E-state index contributed by atoms with van der Waals surface area (Å²) in [5, 5.41) is 6.84. The highest BCUT2D eigenvalue weighted by molar-refractivity contribution is 7.98. The largest absolute Gasteiger partial charge is 0.338 e. The van der Waals surface area contributed by atoms with Crippen LogP contribution >= 0.6 is 11.8 Å². The van der Waals surface area contributed by atoms with Gasteiger partial charge in [-0.15, -0.1) is 0 Å². The molecule has 1 aromatic heterocycles. The average molecular weight is 215 g/mol. The van der Waals surface area contributed by atoms with Crippen LogP contribution in [0, 0.1) is 5.92 Å². The molecule has 0 bridgehead atoms. The predicted molar refractivity (Wildman–Crippen MR) is 59.5 cm³/mol. The molecule has 0 radical (unpaired) electrons. The minimum Gasteiger partial charge on any atom is -0.338 e. The molecule has 0 spiro atoms. The Bertz CT molecular complexity index is 262. The first-order chi connectivity index (χ1) is 6.72. The molecule has 0 saturated carbocycles. The third-order valence-electron chi connectivity index (χ3n) is 1.48. The molecule has 0 atom stereocenters. The molecule has 1 aromatic rings. The van der Waals surface area contributed by atoms with Crippen LogP contribution < -0.4 is 5.32 Å². The monoisotopic (exact) mass is 215 g/mol. The van der Waals surface area contributed by atoms with Crippen LogP contribution in [0.25, 0.3) is 0 Å². The van der Waals surface area contributed by atoms with E-state index in [4.69, 9.17) is 4.52 Å². The molecule has 4 nitrogen and oxygen atoms in total. The maximum Gasteiger partial charge on any atom is 0.321 e. The smallest absolute Gasteiger partial charge is 0.321 e. The van der Waals surface area contributed by atoms with E-state index in [9.17, 15) is 0 Å². The van der Waals surface area contributed by atoms with Crippen molar-refractivity contribution >= 4 is 17.8 Å². The van der Waals surface area contributed by atoms with Crippen LogP contribution in [0.15, 0.2) is 4.52 Å². The zero-order valence-electron chi connectivity index (χ0n) is 8.91. The summed E-state index contributed by atoms with van der Waals surface area (Å²) in [7, 11) is 0. The Balaban J connectivity index is 2.28. The molecule has 0 aliphatic heterocycles. The lowest BCUT2D eigenvalue weighted by atomic mass is 10.3. The summed E-state index contributed by atoms with van der Waals surface area (Å²) in [5.41, 5.74) is 0. The van der Waals surface area contributed by atoms with Gasteiger partial charge >= 0.3 is 6.01 Å². The molecule has 80 valence electrons. The van der Waals surface area contributed by atoms with Crippen molar-refractivity contribution in [3.8, 4) is 0 Å². The number of aromatic nitrogens is 2. The van der Waals surface area contributed by atoms with Crippen LogP contribution in [-0.2, 0) is 5.75 Å². The van der Waals surface area contributed by atoms with Crippen LogP contribution in [0.1, 0.15) is 26.6 Å². The molecule has 0 unspecified atom stereocenters. The molecule has 0 aromatic carbocycles. The molecule has 0 aliphatic carbocycles. The van der Waals surface area contributed by atoms with Gasteiger partial charge in [0.1, 0.15) is 0 Å². The van der Waals surface area contributed by atoms with Gasteiger partial charge in [0, 0.05) is 6.54 Å². The Hall–Kier alpha value is -0.710. The minimum absolute atomic E-state index is 0.521. The van der Waals surface area contributed by atoms with Gasteiger partial charge in [-0.1, -0.05) is 19.0 Å². The molecule has 0 aliphatic rings. The van der Waals surface area contributed by atoms with Gasteiger partial charge in [-0.05, 0) is 18.6 Å². The van der Waals surface area contributed by atoms with Gasteiger partial charge in [0.25, 0.3) is 0 Å². The first kappa shape index (κ1) is 11.4. The molecular formula is C9H17N3OS. The molecule has 1 N–H and O–H groups in total. The number of anilines is 1. The third kappa shape index (κ3) is 4.00. The summed E-state index contributed by atoms with van der Waals surface area (Å²) in [6.07, 6.45) is 0. The van der Waals surface area contributed by atoms with Crippen molar-refractivity contribution in [1.29, 1.82) is 0 Å². The van der Waals surface area contributed by atoms with Crippen molar-refractivity contribution in [3.63, 3.8) is 0 Å². The molecule has 14 heavy (non-hydrogen) atoms. The zero-order valence-corrected chi connectivity index (χ0v) is 9.73. The van der Waals surface area contributed by atoms with Crippen LogP contribution in [0.4, 0.5) is 6.01 Å². The average Bonchev–Trinajstić information content (AvgIpc) is 2.53. The zero-order chi connectivity index (χ0) is 10.4. The summed E-state index contributed by atoms with van der Waals surface area (Å²) in [4.78, 5) is 4.19. The fourth-order valence-corrected chi connectivity index (χ4v) is 1.81. The molecule has 1 heterocycles. The summed E-state index contributed by atoms with van der Waals surface area (Å²) in [6, 6.07) is 0.521. The van der Waals surface area contributed by atoms with Gasteiger partial charge in [-0.25, -0.2) is 0 Å². The Morgan fingerprint density at radius 3 is 2.93 bits per heavy atom. The lowest BCUT2D eigenvalue weighted by molar-refractivity contribution is 0.425. The standard InChI is InChI=1S/C9H17N3OS/c1-4-10-9-11-8(12-13-9)6-14-5-7(2)3/h7H,4-6H2,1-3H3,(H,10,11,12). The van der Waals surface area contributed by atoms with E-state index in [0.29, 0.717) is 11.9 Å². The molecule has 0 amide bonds. The summed E-state index contributed by atoms with van der Waals surface area (Å²) in [6.45, 7) is 7.21. The van der Waals surface area contributed by atoms with E-state index in [1.165, 1.54) is 0 Å². The van der Waals surface area contributed by atoms with Gasteiger partial charge < -0.3 is 9.84 Å². The quantitative estimate of drug-likeness (QED) is 0.789. The van der Waals surface area contributed by atoms with E-state index in [2.05, 4.69) is 29.3 Å². The van der Waals surface area contributed by atoms with Gasteiger partial charge in [0.15, 0.2) is 5.82 Å². The Morgan fingerprint density at radius 2 is 2.29 bits per heavy atom. The lowest BCUT2D eigenvalue weighted by Gasteiger charge is -2.00. The van der Waals surface area contributed by atoms with Gasteiger partial charge in [0.05, 0.1) is 5.75 Å². The van der Waals surface area contributed by atoms with Crippen LogP contribution in [0.5, 0.6) is 0 Å². The first-order valence-electron chi connectivity index (χ1n) is 4.86. The first-order valence-corrected chi connectivity index (χ1v) is 6.02. The van der Waals surface area contributed by atoms with E-state index in [1.54, 1.807) is 0 Å². The van der Waals surface area contributed by atoms with Crippen molar-refractivity contribution in [2.45, 2.75) is 26.5 Å². The number of rotatable bonds is 6. The van der Waals surface area contributed by atoms with Crippen molar-refractivity contribution in [2.24, 2.45) is 5.92 Å². The normalized spacial score (nSPS) is 10.9. The summed E-state index contributed by atoms with van der Waals surface area (Å²) >= 11 is 1.83. The number of nitrogens with zero attached hydrogens (tertiary/aromatic N) is 2. The second-order valence-corrected chi connectivity index (χ2v) is 4.49. The second kappa shape index (κ2) is 5.90. The second-order valence-electron chi connectivity index (χ2n) is 3.46. The van der Waals surface area contributed by atoms with E-state index < -0.39 is 0 Å².